The van der Waals surface area contributed by atoms with Gasteiger partial charge >= 0.3 is 0 Å². The third-order valence-corrected chi connectivity index (χ3v) is 3.41. The van der Waals surface area contributed by atoms with E-state index in [0.717, 1.165) is 5.56 Å². The first-order valence-electron chi connectivity index (χ1n) is 6.55. The average Bonchev–Trinajstić information content (AvgIpc) is 2.44. The Morgan fingerprint density at radius 1 is 1.00 bits per heavy atom. The minimum Gasteiger partial charge on any atom is -0.326 e. The van der Waals surface area contributed by atoms with Gasteiger partial charge in [0.25, 0.3) is 0 Å². The van der Waals surface area contributed by atoms with Gasteiger partial charge in [-0.05, 0) is 35.9 Å². The molecule has 22 heavy (non-hydrogen) atoms. The zero-order chi connectivity index (χ0) is 16.1. The lowest BCUT2D eigenvalue weighted by Crippen LogP contribution is -2.14. The SMILES string of the molecule is CC(=O)Nc1ccc(CC(=O)Nc2cc(Cl)ccc2Cl)cc1. The fourth-order valence-corrected chi connectivity index (χ4v) is 2.22. The summed E-state index contributed by atoms with van der Waals surface area (Å²) in [7, 11) is 0. The van der Waals surface area contributed by atoms with Crippen LogP contribution in [0.4, 0.5) is 11.4 Å². The van der Waals surface area contributed by atoms with Gasteiger partial charge in [0, 0.05) is 17.6 Å². The molecule has 0 atom stereocenters. The molecule has 6 heteroatoms. The number of hydrogen-bond donors (Lipinski definition) is 2. The number of carbonyl (C=O) groups excluding carboxylic acids is 2. The molecule has 2 rings (SSSR count). The molecule has 2 N–H and O–H groups in total. The lowest BCUT2D eigenvalue weighted by molar-refractivity contribution is -0.116. The molecule has 2 aromatic carbocycles. The fourth-order valence-electron chi connectivity index (χ4n) is 1.88. The van der Waals surface area contributed by atoms with Gasteiger partial charge in [-0.15, -0.1) is 0 Å². The van der Waals surface area contributed by atoms with Gasteiger partial charge in [0.05, 0.1) is 17.1 Å². The molecule has 0 heterocycles. The van der Waals surface area contributed by atoms with E-state index in [0.29, 0.717) is 21.4 Å². The number of amides is 2. The Labute approximate surface area is 138 Å². The Kier molecular flexibility index (Phi) is 5.41. The van der Waals surface area contributed by atoms with Crippen LogP contribution in [0.2, 0.25) is 10.0 Å². The first-order valence-corrected chi connectivity index (χ1v) is 7.31. The topological polar surface area (TPSA) is 58.2 Å². The highest BCUT2D eigenvalue weighted by Gasteiger charge is 2.08. The van der Waals surface area contributed by atoms with E-state index < -0.39 is 0 Å². The van der Waals surface area contributed by atoms with Crippen molar-refractivity contribution in [3.05, 3.63) is 58.1 Å². The van der Waals surface area contributed by atoms with E-state index in [2.05, 4.69) is 10.6 Å². The van der Waals surface area contributed by atoms with Crippen LogP contribution in [0, 0.1) is 0 Å². The zero-order valence-electron chi connectivity index (χ0n) is 11.8. The number of rotatable bonds is 4. The molecule has 0 saturated carbocycles. The predicted molar refractivity (Wildman–Crippen MR) is 89.5 cm³/mol. The summed E-state index contributed by atoms with van der Waals surface area (Å²) < 4.78 is 0. The maximum atomic E-state index is 12.0. The van der Waals surface area contributed by atoms with E-state index in [9.17, 15) is 9.59 Å². The van der Waals surface area contributed by atoms with Crippen molar-refractivity contribution in [3.8, 4) is 0 Å². The minimum atomic E-state index is -0.198. The number of anilines is 2. The Bertz CT molecular complexity index is 700. The second-order valence-electron chi connectivity index (χ2n) is 4.73. The van der Waals surface area contributed by atoms with Crippen molar-refractivity contribution in [3.63, 3.8) is 0 Å². The molecular formula is C16H14Cl2N2O2. The highest BCUT2D eigenvalue weighted by atomic mass is 35.5. The largest absolute Gasteiger partial charge is 0.326 e. The molecule has 0 unspecified atom stereocenters. The lowest BCUT2D eigenvalue weighted by Gasteiger charge is -2.08. The molecule has 2 amide bonds. The molecule has 0 aliphatic heterocycles. The highest BCUT2D eigenvalue weighted by Crippen LogP contribution is 2.25. The summed E-state index contributed by atoms with van der Waals surface area (Å²) in [5.41, 5.74) is 1.99. The number of carbonyl (C=O) groups is 2. The van der Waals surface area contributed by atoms with Crippen molar-refractivity contribution in [2.24, 2.45) is 0 Å². The summed E-state index contributed by atoms with van der Waals surface area (Å²) in [6.07, 6.45) is 0.198. The van der Waals surface area contributed by atoms with E-state index >= 15 is 0 Å². The predicted octanol–water partition coefficient (Wildman–Crippen LogP) is 4.13. The summed E-state index contributed by atoms with van der Waals surface area (Å²) in [5.74, 6) is -0.336. The van der Waals surface area contributed by atoms with Crippen LogP contribution in [0.15, 0.2) is 42.5 Å². The van der Waals surface area contributed by atoms with Crippen LogP contribution >= 0.6 is 23.2 Å². The zero-order valence-corrected chi connectivity index (χ0v) is 13.3. The van der Waals surface area contributed by atoms with Gasteiger partial charge in [-0.2, -0.15) is 0 Å². The Balaban J connectivity index is 1.99. The second kappa shape index (κ2) is 7.29. The highest BCUT2D eigenvalue weighted by molar-refractivity contribution is 6.35. The number of benzene rings is 2. The normalized spacial score (nSPS) is 10.1. The van der Waals surface area contributed by atoms with Crippen molar-refractivity contribution >= 4 is 46.4 Å². The summed E-state index contributed by atoms with van der Waals surface area (Å²) in [6.45, 7) is 1.44. The quantitative estimate of drug-likeness (QED) is 0.881. The van der Waals surface area contributed by atoms with Crippen LogP contribution < -0.4 is 10.6 Å². The monoisotopic (exact) mass is 336 g/mol. The van der Waals surface area contributed by atoms with E-state index in [1.165, 1.54) is 6.92 Å². The molecule has 0 aliphatic rings. The van der Waals surface area contributed by atoms with Crippen LogP contribution in [0.1, 0.15) is 12.5 Å². The van der Waals surface area contributed by atoms with Gasteiger partial charge in [0.1, 0.15) is 0 Å². The van der Waals surface area contributed by atoms with Crippen LogP contribution in [0.5, 0.6) is 0 Å². The van der Waals surface area contributed by atoms with Crippen molar-refractivity contribution < 1.29 is 9.59 Å². The molecule has 0 aromatic heterocycles. The maximum Gasteiger partial charge on any atom is 0.228 e. The number of hydrogen-bond acceptors (Lipinski definition) is 2. The molecule has 0 fully saturated rings. The van der Waals surface area contributed by atoms with Crippen LogP contribution in [0.25, 0.3) is 0 Å². The van der Waals surface area contributed by atoms with E-state index in [1.807, 2.05) is 0 Å². The van der Waals surface area contributed by atoms with Gasteiger partial charge in [0.15, 0.2) is 0 Å². The third-order valence-electron chi connectivity index (χ3n) is 2.84. The smallest absolute Gasteiger partial charge is 0.228 e. The minimum absolute atomic E-state index is 0.138. The summed E-state index contributed by atoms with van der Waals surface area (Å²) >= 11 is 11.9. The van der Waals surface area contributed by atoms with E-state index in [4.69, 9.17) is 23.2 Å². The molecule has 4 nitrogen and oxygen atoms in total. The first-order chi connectivity index (χ1) is 10.4. The van der Waals surface area contributed by atoms with Gasteiger partial charge in [-0.3, -0.25) is 9.59 Å². The number of halogens is 2. The van der Waals surface area contributed by atoms with Gasteiger partial charge in [-0.1, -0.05) is 35.3 Å². The first kappa shape index (κ1) is 16.3. The molecule has 0 bridgehead atoms. The third kappa shape index (κ3) is 4.76. The number of nitrogens with one attached hydrogen (secondary N) is 2. The molecule has 0 saturated heterocycles. The van der Waals surface area contributed by atoms with Crippen molar-refractivity contribution in [1.82, 2.24) is 0 Å². The summed E-state index contributed by atoms with van der Waals surface area (Å²) in [4.78, 5) is 23.0. The van der Waals surface area contributed by atoms with E-state index in [1.54, 1.807) is 42.5 Å². The van der Waals surface area contributed by atoms with Crippen molar-refractivity contribution in [1.29, 1.82) is 0 Å². The van der Waals surface area contributed by atoms with Crippen LogP contribution in [-0.4, -0.2) is 11.8 Å². The standard InChI is InChI=1S/C16H14Cl2N2O2/c1-10(21)19-13-5-2-11(3-6-13)8-16(22)20-15-9-12(17)4-7-14(15)18/h2-7,9H,8H2,1H3,(H,19,21)(H,20,22). The maximum absolute atomic E-state index is 12.0. The fraction of sp³-hybridized carbons (Fsp3) is 0.125. The second-order valence-corrected chi connectivity index (χ2v) is 5.57. The molecule has 0 spiro atoms. The Morgan fingerprint density at radius 3 is 2.32 bits per heavy atom. The molecule has 114 valence electrons. The Morgan fingerprint density at radius 2 is 1.68 bits per heavy atom. The van der Waals surface area contributed by atoms with Crippen LogP contribution in [0.3, 0.4) is 0 Å². The van der Waals surface area contributed by atoms with Gasteiger partial charge in [-0.25, -0.2) is 0 Å². The average molecular weight is 337 g/mol. The van der Waals surface area contributed by atoms with Crippen LogP contribution in [-0.2, 0) is 16.0 Å². The molecule has 0 aliphatic carbocycles. The molecule has 2 aromatic rings. The summed E-state index contributed by atoms with van der Waals surface area (Å²) in [6, 6.07) is 11.9. The van der Waals surface area contributed by atoms with Gasteiger partial charge < -0.3 is 10.6 Å². The summed E-state index contributed by atoms with van der Waals surface area (Å²) in [5, 5.41) is 6.32. The Hall–Kier alpha value is -2.04. The van der Waals surface area contributed by atoms with Gasteiger partial charge in [0.2, 0.25) is 11.8 Å². The molecular weight excluding hydrogens is 323 g/mol. The van der Waals surface area contributed by atoms with Crippen molar-refractivity contribution in [2.75, 3.05) is 10.6 Å². The van der Waals surface area contributed by atoms with E-state index in [-0.39, 0.29) is 18.2 Å². The lowest BCUT2D eigenvalue weighted by atomic mass is 10.1. The molecule has 0 radical (unpaired) electrons. The van der Waals surface area contributed by atoms with Crippen molar-refractivity contribution in [2.45, 2.75) is 13.3 Å².